The van der Waals surface area contributed by atoms with E-state index in [9.17, 15) is 23.2 Å². The predicted molar refractivity (Wildman–Crippen MR) is 230 cm³/mol. The molecule has 1 aromatic carbocycles. The Bertz CT molecular complexity index is 2120. The van der Waals surface area contributed by atoms with Crippen molar-refractivity contribution in [2.75, 3.05) is 74.4 Å². The maximum atomic E-state index is 14.3. The van der Waals surface area contributed by atoms with Gasteiger partial charge in [0.25, 0.3) is 18.2 Å². The minimum atomic E-state index is -2.86. The molecule has 0 saturated heterocycles. The number of aryl methyl sites for hydroxylation is 1. The summed E-state index contributed by atoms with van der Waals surface area (Å²) in [6, 6.07) is 9.05. The zero-order chi connectivity index (χ0) is 42.9. The summed E-state index contributed by atoms with van der Waals surface area (Å²) in [4.78, 5) is 52.0. The first-order chi connectivity index (χ1) is 29.6. The van der Waals surface area contributed by atoms with E-state index in [1.54, 1.807) is 34.1 Å². The summed E-state index contributed by atoms with van der Waals surface area (Å²) < 4.78 is 41.6. The number of nitrogens with one attached hydrogen (secondary N) is 2. The number of nitrogens with zero attached hydrogens (tertiary/aromatic N) is 7. The molecule has 7 rings (SSSR count). The van der Waals surface area contributed by atoms with Crippen molar-refractivity contribution in [3.63, 3.8) is 0 Å². The second-order valence-corrected chi connectivity index (χ2v) is 16.8. The van der Waals surface area contributed by atoms with Crippen LogP contribution in [0.2, 0.25) is 0 Å². The number of alkyl halides is 3. The summed E-state index contributed by atoms with van der Waals surface area (Å²) in [5.41, 5.74) is 2.14. The van der Waals surface area contributed by atoms with Gasteiger partial charge in [0.05, 0.1) is 11.7 Å². The number of oxazole rings is 1. The van der Waals surface area contributed by atoms with E-state index in [0.29, 0.717) is 42.1 Å². The van der Waals surface area contributed by atoms with Crippen LogP contribution in [0, 0.1) is 11.8 Å². The lowest BCUT2D eigenvalue weighted by atomic mass is 9.86. The number of unbranched alkanes of at least 4 members (excludes halogenated alkanes) is 2. The Morgan fingerprint density at radius 1 is 1.03 bits per heavy atom. The minimum Gasteiger partial charge on any atom is -0.484 e. The Balaban J connectivity index is 0.797. The highest BCUT2D eigenvalue weighted by molar-refractivity contribution is 6.29. The molecule has 1 aliphatic heterocycles. The Labute approximate surface area is 360 Å². The Kier molecular flexibility index (Phi) is 14.9. The Hall–Kier alpha value is -5.09. The number of amides is 3. The number of ether oxygens (including phenoxy) is 1. The molecule has 3 aliphatic rings. The van der Waals surface area contributed by atoms with E-state index in [1.807, 2.05) is 18.2 Å². The quantitative estimate of drug-likeness (QED) is 0.0675. The lowest BCUT2D eigenvalue weighted by Crippen LogP contribution is -2.36. The summed E-state index contributed by atoms with van der Waals surface area (Å²) >= 11 is 5.77. The fourth-order valence-corrected chi connectivity index (χ4v) is 8.39. The molecule has 0 atom stereocenters. The van der Waals surface area contributed by atoms with E-state index < -0.39 is 18.0 Å². The number of aromatic nitrogens is 4. The molecular formula is C44H56ClF2N9O5. The SMILES string of the molecule is CN(CCCCCNC(=O)COc1ccc2c(c1)CCCN2C(=O)CCl)CC1CCC(n2cc(N(C)C(=O)c3coc(-c4ccnc(NCC5CC5)c4)n3)c(C(F)F)n2)CC1. The molecule has 2 aliphatic carbocycles. The monoisotopic (exact) mass is 863 g/mol. The Morgan fingerprint density at radius 2 is 1.84 bits per heavy atom. The minimum absolute atomic E-state index is 0.00649. The Morgan fingerprint density at radius 3 is 2.61 bits per heavy atom. The van der Waals surface area contributed by atoms with Gasteiger partial charge < -0.3 is 34.5 Å². The lowest BCUT2D eigenvalue weighted by Gasteiger charge is -2.31. The molecule has 0 radical (unpaired) electrons. The number of rotatable bonds is 20. The number of fused-ring (bicyclic) bond motifs is 1. The van der Waals surface area contributed by atoms with Crippen molar-refractivity contribution in [3.8, 4) is 17.2 Å². The van der Waals surface area contributed by atoms with Gasteiger partial charge in [0.2, 0.25) is 11.8 Å². The average Bonchev–Trinajstić information content (AvgIpc) is 3.77. The van der Waals surface area contributed by atoms with Gasteiger partial charge in [0, 0.05) is 56.9 Å². The second kappa shape index (κ2) is 20.6. The summed E-state index contributed by atoms with van der Waals surface area (Å²) in [6.07, 6.45) is 12.1. The highest BCUT2D eigenvalue weighted by Gasteiger charge is 2.31. The molecule has 2 fully saturated rings. The molecule has 2 N–H and O–H groups in total. The number of hydrogen-bond donors (Lipinski definition) is 2. The van der Waals surface area contributed by atoms with Crippen LogP contribution in [-0.4, -0.2) is 102 Å². The fraction of sp³-hybridized carbons (Fsp3) is 0.545. The first-order valence-electron chi connectivity index (χ1n) is 21.4. The smallest absolute Gasteiger partial charge is 0.284 e. The number of benzene rings is 1. The zero-order valence-electron chi connectivity index (χ0n) is 35.0. The van der Waals surface area contributed by atoms with Gasteiger partial charge in [-0.3, -0.25) is 19.1 Å². The van der Waals surface area contributed by atoms with E-state index in [1.165, 1.54) is 31.1 Å². The fourth-order valence-electron chi connectivity index (χ4n) is 8.24. The number of carbonyl (C=O) groups excluding carboxylic acids is 3. The van der Waals surface area contributed by atoms with Crippen LogP contribution >= 0.6 is 11.6 Å². The normalized spacial score (nSPS) is 17.7. The largest absolute Gasteiger partial charge is 0.484 e. The summed E-state index contributed by atoms with van der Waals surface area (Å²) in [5.74, 6) is 1.78. The zero-order valence-corrected chi connectivity index (χ0v) is 35.7. The average molecular weight is 864 g/mol. The van der Waals surface area contributed by atoms with Gasteiger partial charge in [0.15, 0.2) is 18.0 Å². The number of anilines is 3. The van der Waals surface area contributed by atoms with E-state index in [-0.39, 0.29) is 47.6 Å². The molecule has 4 heterocycles. The first kappa shape index (κ1) is 44.0. The van der Waals surface area contributed by atoms with Gasteiger partial charge in [-0.05, 0) is 126 Å². The van der Waals surface area contributed by atoms with E-state index in [2.05, 4.69) is 37.6 Å². The van der Waals surface area contributed by atoms with Gasteiger partial charge in [0.1, 0.15) is 23.7 Å². The third-order valence-electron chi connectivity index (χ3n) is 11.9. The molecule has 0 unspecified atom stereocenters. The van der Waals surface area contributed by atoms with Crippen molar-refractivity contribution in [3.05, 3.63) is 65.9 Å². The molecule has 2 saturated carbocycles. The molecule has 17 heteroatoms. The maximum absolute atomic E-state index is 14.3. The van der Waals surface area contributed by atoms with Gasteiger partial charge in [-0.2, -0.15) is 5.10 Å². The van der Waals surface area contributed by atoms with Crippen molar-refractivity contribution in [1.29, 1.82) is 0 Å². The molecule has 0 bridgehead atoms. The van der Waals surface area contributed by atoms with Crippen LogP contribution in [-0.2, 0) is 16.0 Å². The van der Waals surface area contributed by atoms with Crippen LogP contribution in [0.5, 0.6) is 5.75 Å². The molecule has 3 aromatic heterocycles. The maximum Gasteiger partial charge on any atom is 0.284 e. The van der Waals surface area contributed by atoms with Crippen LogP contribution in [0.3, 0.4) is 0 Å². The van der Waals surface area contributed by atoms with Crippen LogP contribution in [0.4, 0.5) is 26.0 Å². The number of halogens is 3. The first-order valence-corrected chi connectivity index (χ1v) is 22.0. The lowest BCUT2D eigenvalue weighted by molar-refractivity contribution is -0.123. The second-order valence-electron chi connectivity index (χ2n) is 16.5. The van der Waals surface area contributed by atoms with Crippen molar-refractivity contribution in [2.24, 2.45) is 11.8 Å². The summed E-state index contributed by atoms with van der Waals surface area (Å²) in [5, 5.41) is 10.5. The number of hydrogen-bond acceptors (Lipinski definition) is 10. The van der Waals surface area contributed by atoms with E-state index >= 15 is 0 Å². The standard InChI is InChI=1S/C44H56ClF2N9O5/c1-53(19-5-3-4-17-49-39(57)28-60-34-14-15-36-31(21-34)7-6-20-55(36)40(58)23-45)25-30-10-12-33(13-11-30)56-26-37(41(52-56)42(46)47)54(2)44(59)35-27-61-43(51-35)32-16-18-48-38(22-32)50-24-29-8-9-29/h14-16,18,21-22,26-27,29-30,33,42H,3-13,17,19-20,23-25,28H2,1-2H3,(H,48,50)(H,49,57). The molecule has 328 valence electrons. The van der Waals surface area contributed by atoms with Crippen molar-refractivity contribution in [1.82, 2.24) is 30.0 Å². The molecule has 3 amide bonds. The van der Waals surface area contributed by atoms with Gasteiger partial charge in [-0.1, -0.05) is 6.42 Å². The molecule has 14 nitrogen and oxygen atoms in total. The summed E-state index contributed by atoms with van der Waals surface area (Å²) in [7, 11) is 3.58. The van der Waals surface area contributed by atoms with Gasteiger partial charge in [-0.25, -0.2) is 18.7 Å². The molecule has 61 heavy (non-hydrogen) atoms. The van der Waals surface area contributed by atoms with Crippen molar-refractivity contribution >= 4 is 46.5 Å². The molecule has 0 spiro atoms. The predicted octanol–water partition coefficient (Wildman–Crippen LogP) is 7.52. The number of pyridine rings is 1. The van der Waals surface area contributed by atoms with Crippen LogP contribution in [0.25, 0.3) is 11.5 Å². The van der Waals surface area contributed by atoms with Gasteiger partial charge in [-0.15, -0.1) is 11.6 Å². The van der Waals surface area contributed by atoms with Crippen LogP contribution in [0.15, 0.2) is 53.4 Å². The molecular weight excluding hydrogens is 808 g/mol. The number of carbonyl (C=O) groups is 3. The summed E-state index contributed by atoms with van der Waals surface area (Å²) in [6.45, 7) is 3.90. The van der Waals surface area contributed by atoms with Crippen LogP contribution in [0.1, 0.15) is 98.4 Å². The van der Waals surface area contributed by atoms with Crippen LogP contribution < -0.4 is 25.2 Å². The van der Waals surface area contributed by atoms with E-state index in [0.717, 1.165) is 88.7 Å². The highest BCUT2D eigenvalue weighted by atomic mass is 35.5. The van der Waals surface area contributed by atoms with Crippen molar-refractivity contribution in [2.45, 2.75) is 83.1 Å². The van der Waals surface area contributed by atoms with Gasteiger partial charge >= 0.3 is 0 Å². The van der Waals surface area contributed by atoms with E-state index in [4.69, 9.17) is 20.8 Å². The topological polar surface area (TPSA) is 151 Å². The highest BCUT2D eigenvalue weighted by Crippen LogP contribution is 2.37. The third-order valence-corrected chi connectivity index (χ3v) is 12.1. The van der Waals surface area contributed by atoms with Crippen molar-refractivity contribution < 1.29 is 32.3 Å². The third kappa shape index (κ3) is 11.6. The molecule has 4 aromatic rings.